The number of fused-ring (bicyclic) bond motifs is 1. The third-order valence-electron chi connectivity index (χ3n) is 5.61. The van der Waals surface area contributed by atoms with E-state index in [-0.39, 0.29) is 4.90 Å². The van der Waals surface area contributed by atoms with Gasteiger partial charge in [0.05, 0.1) is 16.5 Å². The molecular formula is C27H26N4O2S. The summed E-state index contributed by atoms with van der Waals surface area (Å²) >= 11 is 0. The number of aromatic nitrogens is 1. The predicted octanol–water partition coefficient (Wildman–Crippen LogP) is 4.27. The van der Waals surface area contributed by atoms with Crippen LogP contribution >= 0.6 is 0 Å². The molecule has 2 N–H and O–H groups in total. The molecule has 0 aliphatic heterocycles. The molecule has 1 heterocycles. The fourth-order valence-electron chi connectivity index (χ4n) is 3.83. The van der Waals surface area contributed by atoms with E-state index < -0.39 is 10.0 Å². The van der Waals surface area contributed by atoms with Gasteiger partial charge in [0.25, 0.3) is 0 Å². The Balaban J connectivity index is 1.35. The summed E-state index contributed by atoms with van der Waals surface area (Å²) in [6, 6.07) is 24.9. The zero-order valence-corrected chi connectivity index (χ0v) is 19.6. The van der Waals surface area contributed by atoms with Gasteiger partial charge in [-0.2, -0.15) is 5.26 Å². The normalized spacial score (nSPS) is 11.4. The topological polar surface area (TPSA) is 94.9 Å². The van der Waals surface area contributed by atoms with Crippen LogP contribution in [0.4, 0.5) is 0 Å². The smallest absolute Gasteiger partial charge is 0.241 e. The Kier molecular flexibility index (Phi) is 7.65. The lowest BCUT2D eigenvalue weighted by atomic mass is 10.0. The van der Waals surface area contributed by atoms with E-state index in [2.05, 4.69) is 21.1 Å². The lowest BCUT2D eigenvalue weighted by Gasteiger charge is -2.13. The van der Waals surface area contributed by atoms with Crippen molar-refractivity contribution in [3.63, 3.8) is 0 Å². The minimum atomic E-state index is -3.70. The lowest BCUT2D eigenvalue weighted by molar-refractivity contribution is 0.575. The summed E-state index contributed by atoms with van der Waals surface area (Å²) in [5.41, 5.74) is 3.63. The Morgan fingerprint density at radius 3 is 2.44 bits per heavy atom. The molecule has 0 saturated carbocycles. The second kappa shape index (κ2) is 11.0. The predicted molar refractivity (Wildman–Crippen MR) is 135 cm³/mol. The molecule has 3 aromatic carbocycles. The Morgan fingerprint density at radius 2 is 1.68 bits per heavy atom. The molecule has 0 radical (unpaired) electrons. The molecule has 0 saturated heterocycles. The molecule has 4 aromatic rings. The molecule has 0 unspecified atom stereocenters. The summed E-state index contributed by atoms with van der Waals surface area (Å²) in [6.07, 6.45) is 5.13. The van der Waals surface area contributed by atoms with Gasteiger partial charge in [-0.25, -0.2) is 13.1 Å². The van der Waals surface area contributed by atoms with E-state index in [0.717, 1.165) is 35.9 Å². The van der Waals surface area contributed by atoms with Crippen molar-refractivity contribution in [2.24, 2.45) is 0 Å². The molecular weight excluding hydrogens is 444 g/mol. The molecule has 0 amide bonds. The van der Waals surface area contributed by atoms with E-state index in [1.54, 1.807) is 24.5 Å². The Labute approximate surface area is 200 Å². The van der Waals surface area contributed by atoms with Crippen LogP contribution in [0.1, 0.15) is 17.5 Å². The molecule has 0 fully saturated rings. The standard InChI is InChI=1S/C27H26N4O2S/c28-19-22-10-8-21(9-11-22)5-4-13-29-15-16-31-34(32,33)27-18-24(23-6-2-1-3-7-23)17-25-20-30-14-12-26(25)27/h1-3,6-12,14,17-18,20,29,31H,4-5,13,15-16H2. The maximum atomic E-state index is 13.2. The minimum Gasteiger partial charge on any atom is -0.315 e. The van der Waals surface area contributed by atoms with E-state index in [0.29, 0.717) is 24.0 Å². The van der Waals surface area contributed by atoms with Gasteiger partial charge in [0.1, 0.15) is 0 Å². The number of benzene rings is 3. The molecule has 172 valence electrons. The Hall–Kier alpha value is -3.57. The zero-order valence-electron chi connectivity index (χ0n) is 18.7. The van der Waals surface area contributed by atoms with Crippen molar-refractivity contribution in [2.75, 3.05) is 19.6 Å². The first-order valence-corrected chi connectivity index (χ1v) is 12.7. The molecule has 0 atom stereocenters. The molecule has 1 aromatic heterocycles. The van der Waals surface area contributed by atoms with Crippen molar-refractivity contribution >= 4 is 20.8 Å². The SMILES string of the molecule is N#Cc1ccc(CCCNCCNS(=O)(=O)c2cc(-c3ccccc3)cc3cnccc23)cc1. The number of nitriles is 1. The quantitative estimate of drug-likeness (QED) is 0.338. The molecule has 4 rings (SSSR count). The summed E-state index contributed by atoms with van der Waals surface area (Å²) in [7, 11) is -3.70. The van der Waals surface area contributed by atoms with Crippen LogP contribution in [0.2, 0.25) is 0 Å². The van der Waals surface area contributed by atoms with Gasteiger partial charge in [0.15, 0.2) is 0 Å². The summed E-state index contributed by atoms with van der Waals surface area (Å²) in [6.45, 7) is 1.60. The van der Waals surface area contributed by atoms with E-state index in [4.69, 9.17) is 5.26 Å². The highest BCUT2D eigenvalue weighted by molar-refractivity contribution is 7.89. The van der Waals surface area contributed by atoms with Crippen molar-refractivity contribution in [2.45, 2.75) is 17.7 Å². The molecule has 0 spiro atoms. The van der Waals surface area contributed by atoms with Crippen molar-refractivity contribution in [3.05, 3.63) is 96.3 Å². The summed E-state index contributed by atoms with van der Waals surface area (Å²) in [4.78, 5) is 4.42. The van der Waals surface area contributed by atoms with Crippen molar-refractivity contribution in [1.29, 1.82) is 5.26 Å². The van der Waals surface area contributed by atoms with Crippen LogP contribution in [-0.2, 0) is 16.4 Å². The lowest BCUT2D eigenvalue weighted by Crippen LogP contribution is -2.32. The highest BCUT2D eigenvalue weighted by Crippen LogP contribution is 2.30. The van der Waals surface area contributed by atoms with Gasteiger partial charge >= 0.3 is 0 Å². The maximum Gasteiger partial charge on any atom is 0.241 e. The van der Waals surface area contributed by atoms with Crippen LogP contribution in [0.3, 0.4) is 0 Å². The van der Waals surface area contributed by atoms with Crippen LogP contribution in [-0.4, -0.2) is 33.0 Å². The van der Waals surface area contributed by atoms with Crippen LogP contribution in [0.25, 0.3) is 21.9 Å². The minimum absolute atomic E-state index is 0.257. The summed E-state index contributed by atoms with van der Waals surface area (Å²) < 4.78 is 29.1. The second-order valence-electron chi connectivity index (χ2n) is 8.00. The third-order valence-corrected chi connectivity index (χ3v) is 7.11. The monoisotopic (exact) mass is 470 g/mol. The van der Waals surface area contributed by atoms with Crippen molar-refractivity contribution in [1.82, 2.24) is 15.0 Å². The first-order chi connectivity index (χ1) is 16.6. The third kappa shape index (κ3) is 5.86. The fourth-order valence-corrected chi connectivity index (χ4v) is 5.12. The number of nitrogens with zero attached hydrogens (tertiary/aromatic N) is 2. The number of hydrogen-bond donors (Lipinski definition) is 2. The first kappa shape index (κ1) is 23.6. The number of sulfonamides is 1. The van der Waals surface area contributed by atoms with Crippen molar-refractivity contribution in [3.8, 4) is 17.2 Å². The van der Waals surface area contributed by atoms with Crippen LogP contribution in [0, 0.1) is 11.3 Å². The average molecular weight is 471 g/mol. The Bertz CT molecular complexity index is 1400. The van der Waals surface area contributed by atoms with Gasteiger partial charge in [0.2, 0.25) is 10.0 Å². The van der Waals surface area contributed by atoms with Gasteiger partial charge in [-0.15, -0.1) is 0 Å². The number of hydrogen-bond acceptors (Lipinski definition) is 5. The van der Waals surface area contributed by atoms with Crippen LogP contribution in [0.15, 0.2) is 90.1 Å². The highest BCUT2D eigenvalue weighted by atomic mass is 32.2. The van der Waals surface area contributed by atoms with Crippen LogP contribution < -0.4 is 10.0 Å². The number of aryl methyl sites for hydroxylation is 1. The Morgan fingerprint density at radius 1 is 0.882 bits per heavy atom. The first-order valence-electron chi connectivity index (χ1n) is 11.2. The average Bonchev–Trinajstić information content (AvgIpc) is 2.88. The van der Waals surface area contributed by atoms with E-state index in [1.165, 1.54) is 5.56 Å². The van der Waals surface area contributed by atoms with E-state index >= 15 is 0 Å². The molecule has 34 heavy (non-hydrogen) atoms. The van der Waals surface area contributed by atoms with Crippen molar-refractivity contribution < 1.29 is 8.42 Å². The van der Waals surface area contributed by atoms with Gasteiger partial charge in [-0.05, 0) is 66.4 Å². The molecule has 0 aliphatic rings. The summed E-state index contributed by atoms with van der Waals surface area (Å²) in [5.74, 6) is 0. The highest BCUT2D eigenvalue weighted by Gasteiger charge is 2.18. The van der Waals surface area contributed by atoms with Gasteiger partial charge < -0.3 is 5.32 Å². The summed E-state index contributed by atoms with van der Waals surface area (Å²) in [5, 5.41) is 13.6. The largest absolute Gasteiger partial charge is 0.315 e. The molecule has 7 heteroatoms. The number of pyridine rings is 1. The maximum absolute atomic E-state index is 13.2. The molecule has 6 nitrogen and oxygen atoms in total. The van der Waals surface area contributed by atoms with E-state index in [9.17, 15) is 8.42 Å². The van der Waals surface area contributed by atoms with Gasteiger partial charge in [-0.1, -0.05) is 42.5 Å². The second-order valence-corrected chi connectivity index (χ2v) is 9.73. The van der Waals surface area contributed by atoms with Gasteiger partial charge in [0, 0.05) is 36.3 Å². The zero-order chi connectivity index (χ0) is 23.8. The number of nitrogens with one attached hydrogen (secondary N) is 2. The van der Waals surface area contributed by atoms with Gasteiger partial charge in [-0.3, -0.25) is 4.98 Å². The van der Waals surface area contributed by atoms with E-state index in [1.807, 2.05) is 60.7 Å². The fraction of sp³-hybridized carbons (Fsp3) is 0.185. The number of rotatable bonds is 10. The molecule has 0 bridgehead atoms. The van der Waals surface area contributed by atoms with Crippen LogP contribution in [0.5, 0.6) is 0 Å². The molecule has 0 aliphatic carbocycles.